The number of halogens is 1. The maximum absolute atomic E-state index is 13.0. The smallest absolute Gasteiger partial charge is 0.240 e. The third kappa shape index (κ3) is 3.79. The molecule has 0 amide bonds. The Balaban J connectivity index is 1.98. The number of phenolic OH excluding ortho intramolecular Hbond substituents is 1. The quantitative estimate of drug-likeness (QED) is 0.887. The summed E-state index contributed by atoms with van der Waals surface area (Å²) >= 11 is 0. The molecule has 2 N–H and O–H groups in total. The van der Waals surface area contributed by atoms with Gasteiger partial charge in [-0.2, -0.15) is 0 Å². The van der Waals surface area contributed by atoms with Crippen LogP contribution in [0.15, 0.2) is 53.4 Å². The summed E-state index contributed by atoms with van der Waals surface area (Å²) in [6.07, 6.45) is 0.398. The maximum Gasteiger partial charge on any atom is 0.240 e. The number of benzene rings is 2. The fourth-order valence-corrected chi connectivity index (χ4v) is 2.76. The van der Waals surface area contributed by atoms with Crippen LogP contribution >= 0.6 is 0 Å². The number of aromatic hydroxyl groups is 1. The van der Waals surface area contributed by atoms with Crippen molar-refractivity contribution in [1.82, 2.24) is 4.72 Å². The van der Waals surface area contributed by atoms with Crippen molar-refractivity contribution in [2.75, 3.05) is 6.54 Å². The van der Waals surface area contributed by atoms with Crippen molar-refractivity contribution in [3.63, 3.8) is 0 Å². The fourth-order valence-electron chi connectivity index (χ4n) is 1.73. The Hall–Kier alpha value is -1.92. The number of hydrogen-bond donors (Lipinski definition) is 2. The monoisotopic (exact) mass is 295 g/mol. The van der Waals surface area contributed by atoms with E-state index < -0.39 is 10.0 Å². The molecule has 0 aliphatic heterocycles. The van der Waals surface area contributed by atoms with Gasteiger partial charge in [-0.05, 0) is 48.4 Å². The molecule has 6 heteroatoms. The van der Waals surface area contributed by atoms with E-state index in [1.54, 1.807) is 12.1 Å². The molecule has 0 spiro atoms. The van der Waals surface area contributed by atoms with Gasteiger partial charge >= 0.3 is 0 Å². The third-order valence-corrected chi connectivity index (χ3v) is 4.22. The van der Waals surface area contributed by atoms with E-state index in [-0.39, 0.29) is 23.0 Å². The minimum Gasteiger partial charge on any atom is -0.508 e. The molecular weight excluding hydrogens is 281 g/mol. The number of hydrogen-bond acceptors (Lipinski definition) is 3. The van der Waals surface area contributed by atoms with E-state index in [1.165, 1.54) is 36.4 Å². The second kappa shape index (κ2) is 6.02. The highest BCUT2D eigenvalue weighted by Crippen LogP contribution is 2.14. The van der Waals surface area contributed by atoms with Crippen LogP contribution in [0, 0.1) is 5.82 Å². The Kier molecular flexibility index (Phi) is 4.36. The van der Waals surface area contributed by atoms with E-state index in [0.717, 1.165) is 5.56 Å². The minimum absolute atomic E-state index is 0.00344. The second-order valence-corrected chi connectivity index (χ2v) is 6.04. The van der Waals surface area contributed by atoms with E-state index in [0.29, 0.717) is 6.42 Å². The van der Waals surface area contributed by atoms with Crippen LogP contribution in [-0.4, -0.2) is 20.1 Å². The molecule has 2 aromatic rings. The zero-order chi connectivity index (χ0) is 14.6. The summed E-state index contributed by atoms with van der Waals surface area (Å²) in [6.45, 7) is 0.173. The minimum atomic E-state index is -3.61. The van der Waals surface area contributed by atoms with Gasteiger partial charge in [0.15, 0.2) is 0 Å². The summed E-state index contributed by atoms with van der Waals surface area (Å²) in [5.41, 5.74) is 0.721. The van der Waals surface area contributed by atoms with Gasteiger partial charge in [-0.1, -0.05) is 12.1 Å². The van der Waals surface area contributed by atoms with Crippen molar-refractivity contribution < 1.29 is 17.9 Å². The highest BCUT2D eigenvalue weighted by molar-refractivity contribution is 7.89. The molecule has 20 heavy (non-hydrogen) atoms. The molecule has 0 aromatic heterocycles. The number of sulfonamides is 1. The van der Waals surface area contributed by atoms with Crippen LogP contribution in [0.4, 0.5) is 4.39 Å². The van der Waals surface area contributed by atoms with E-state index >= 15 is 0 Å². The first-order chi connectivity index (χ1) is 9.47. The first-order valence-electron chi connectivity index (χ1n) is 6.00. The maximum atomic E-state index is 13.0. The largest absolute Gasteiger partial charge is 0.508 e. The molecule has 0 saturated heterocycles. The third-order valence-electron chi connectivity index (χ3n) is 2.74. The summed E-state index contributed by atoms with van der Waals surface area (Å²) in [5, 5.41) is 9.12. The van der Waals surface area contributed by atoms with E-state index in [1.807, 2.05) is 0 Å². The van der Waals surface area contributed by atoms with E-state index in [9.17, 15) is 12.8 Å². The predicted molar refractivity (Wildman–Crippen MR) is 73.4 cm³/mol. The summed E-state index contributed by atoms with van der Waals surface area (Å²) in [6, 6.07) is 11.3. The van der Waals surface area contributed by atoms with Crippen molar-refractivity contribution in [2.24, 2.45) is 0 Å². The van der Waals surface area contributed by atoms with Gasteiger partial charge in [0, 0.05) is 6.54 Å². The van der Waals surface area contributed by atoms with Crippen LogP contribution in [0.25, 0.3) is 0 Å². The summed E-state index contributed by atoms with van der Waals surface area (Å²) in [7, 11) is -3.61. The molecule has 0 heterocycles. The number of phenols is 1. The van der Waals surface area contributed by atoms with E-state index in [2.05, 4.69) is 4.72 Å². The number of rotatable bonds is 5. The topological polar surface area (TPSA) is 66.4 Å². The highest BCUT2D eigenvalue weighted by atomic mass is 32.2. The average molecular weight is 295 g/mol. The summed E-state index contributed by atoms with van der Waals surface area (Å²) in [5.74, 6) is -0.340. The van der Waals surface area contributed by atoms with Gasteiger partial charge in [0.05, 0.1) is 4.90 Å². The standard InChI is InChI=1S/C14H14FNO3S/c15-12-3-1-2-11(10-12)8-9-16-20(18,19)14-6-4-13(17)5-7-14/h1-7,10,16-17H,8-9H2. The fraction of sp³-hybridized carbons (Fsp3) is 0.143. The Labute approximate surface area is 116 Å². The molecule has 0 fully saturated rings. The number of nitrogens with one attached hydrogen (secondary N) is 1. The lowest BCUT2D eigenvalue weighted by molar-refractivity contribution is 0.474. The molecule has 106 valence electrons. The molecule has 0 radical (unpaired) electrons. The van der Waals surface area contributed by atoms with Gasteiger partial charge in [-0.15, -0.1) is 0 Å². The van der Waals surface area contributed by atoms with Gasteiger partial charge in [-0.3, -0.25) is 0 Å². The van der Waals surface area contributed by atoms with Crippen LogP contribution in [0.5, 0.6) is 5.75 Å². The Morgan fingerprint density at radius 3 is 2.45 bits per heavy atom. The van der Waals surface area contributed by atoms with Crippen LogP contribution in [-0.2, 0) is 16.4 Å². The molecule has 0 bridgehead atoms. The normalized spacial score (nSPS) is 11.4. The van der Waals surface area contributed by atoms with Gasteiger partial charge in [-0.25, -0.2) is 17.5 Å². The summed E-state index contributed by atoms with van der Waals surface area (Å²) < 4.78 is 39.3. The zero-order valence-electron chi connectivity index (χ0n) is 10.6. The van der Waals surface area contributed by atoms with Crippen molar-refractivity contribution in [1.29, 1.82) is 0 Å². The van der Waals surface area contributed by atoms with Crippen molar-refractivity contribution in [2.45, 2.75) is 11.3 Å². The molecule has 0 aliphatic carbocycles. The summed E-state index contributed by atoms with van der Waals surface area (Å²) in [4.78, 5) is 0.0783. The SMILES string of the molecule is O=S(=O)(NCCc1cccc(F)c1)c1ccc(O)cc1. The van der Waals surface area contributed by atoms with Crippen molar-refractivity contribution in [3.8, 4) is 5.75 Å². The molecule has 2 aromatic carbocycles. The molecular formula is C14H14FNO3S. The zero-order valence-corrected chi connectivity index (χ0v) is 11.4. The average Bonchev–Trinajstić information content (AvgIpc) is 2.39. The van der Waals surface area contributed by atoms with Crippen LogP contribution in [0.1, 0.15) is 5.56 Å². The van der Waals surface area contributed by atoms with Crippen LogP contribution < -0.4 is 4.72 Å². The Bertz CT molecular complexity index is 684. The molecule has 4 nitrogen and oxygen atoms in total. The lowest BCUT2D eigenvalue weighted by Crippen LogP contribution is -2.25. The second-order valence-electron chi connectivity index (χ2n) is 4.27. The van der Waals surface area contributed by atoms with E-state index in [4.69, 9.17) is 5.11 Å². The van der Waals surface area contributed by atoms with Gasteiger partial charge in [0.2, 0.25) is 10.0 Å². The van der Waals surface area contributed by atoms with Gasteiger partial charge in [0.25, 0.3) is 0 Å². The molecule has 0 saturated carbocycles. The lowest BCUT2D eigenvalue weighted by atomic mass is 10.1. The molecule has 0 aliphatic rings. The van der Waals surface area contributed by atoms with Gasteiger partial charge < -0.3 is 5.11 Å². The highest BCUT2D eigenvalue weighted by Gasteiger charge is 2.12. The van der Waals surface area contributed by atoms with Crippen molar-refractivity contribution in [3.05, 3.63) is 59.9 Å². The first kappa shape index (κ1) is 14.5. The van der Waals surface area contributed by atoms with Crippen molar-refractivity contribution >= 4 is 10.0 Å². The van der Waals surface area contributed by atoms with Crippen LogP contribution in [0.2, 0.25) is 0 Å². The molecule has 0 atom stereocenters. The van der Waals surface area contributed by atoms with Gasteiger partial charge in [0.1, 0.15) is 11.6 Å². The predicted octanol–water partition coefficient (Wildman–Crippen LogP) is 2.05. The lowest BCUT2D eigenvalue weighted by Gasteiger charge is -2.07. The Morgan fingerprint density at radius 1 is 1.10 bits per heavy atom. The molecule has 2 rings (SSSR count). The Morgan fingerprint density at radius 2 is 1.80 bits per heavy atom. The molecule has 0 unspecified atom stereocenters. The van der Waals surface area contributed by atoms with Crippen LogP contribution in [0.3, 0.4) is 0 Å². The first-order valence-corrected chi connectivity index (χ1v) is 7.49.